The molecule has 1 aliphatic heterocycles. The maximum Gasteiger partial charge on any atom is 0.439 e. The van der Waals surface area contributed by atoms with E-state index in [0.29, 0.717) is 54.2 Å². The van der Waals surface area contributed by atoms with Gasteiger partial charge in [-0.05, 0) is 59.2 Å². The van der Waals surface area contributed by atoms with Crippen molar-refractivity contribution < 1.29 is 28.3 Å². The minimum Gasteiger partial charge on any atom is -0.378 e. The molecule has 38 heavy (non-hydrogen) atoms. The van der Waals surface area contributed by atoms with Gasteiger partial charge in [0.1, 0.15) is 5.82 Å². The molecule has 194 valence electrons. The number of aliphatic hydroxyl groups is 1. The van der Waals surface area contributed by atoms with Crippen LogP contribution in [0.1, 0.15) is 22.0 Å². The van der Waals surface area contributed by atoms with Crippen molar-refractivity contribution in [2.45, 2.75) is 6.10 Å². The van der Waals surface area contributed by atoms with E-state index in [1.54, 1.807) is 59.5 Å². The van der Waals surface area contributed by atoms with Crippen LogP contribution in [0.5, 0.6) is 0 Å². The minimum absolute atomic E-state index is 0.0498. The molecule has 3 N–H and O–H groups in total. The van der Waals surface area contributed by atoms with Crippen molar-refractivity contribution in [3.05, 3.63) is 94.2 Å². The first-order chi connectivity index (χ1) is 18.4. The van der Waals surface area contributed by atoms with E-state index in [0.717, 1.165) is 0 Å². The quantitative estimate of drug-likeness (QED) is 0.357. The van der Waals surface area contributed by atoms with E-state index >= 15 is 0 Å². The predicted octanol–water partition coefficient (Wildman–Crippen LogP) is 2.98. The number of nitrogens with zero attached hydrogens (tertiary/aromatic N) is 2. The van der Waals surface area contributed by atoms with Crippen LogP contribution >= 0.6 is 0 Å². The number of benzene rings is 3. The molecule has 2 heterocycles. The Hall–Kier alpha value is -4.61. The van der Waals surface area contributed by atoms with Crippen molar-refractivity contribution >= 4 is 17.5 Å². The number of carbonyl (C=O) groups excluding carboxylic acids is 2. The molecule has 1 aliphatic rings. The van der Waals surface area contributed by atoms with Gasteiger partial charge in [0.25, 0.3) is 11.8 Å². The van der Waals surface area contributed by atoms with E-state index < -0.39 is 29.5 Å². The fourth-order valence-electron chi connectivity index (χ4n) is 4.12. The second kappa shape index (κ2) is 10.8. The number of amides is 2. The molecule has 1 unspecified atom stereocenters. The maximum absolute atomic E-state index is 14.5. The third-order valence-electron chi connectivity index (χ3n) is 6.15. The number of hydrogen-bond donors (Lipinski definition) is 3. The fraction of sp³-hybridized carbons (Fsp3) is 0.185. The van der Waals surface area contributed by atoms with Crippen molar-refractivity contribution in [2.24, 2.45) is 0 Å². The summed E-state index contributed by atoms with van der Waals surface area (Å²) in [4.78, 5) is 40.7. The van der Waals surface area contributed by atoms with Crippen LogP contribution in [-0.4, -0.2) is 58.3 Å². The summed E-state index contributed by atoms with van der Waals surface area (Å²) in [5.41, 5.74) is 2.45. The highest BCUT2D eigenvalue weighted by atomic mass is 19.1. The van der Waals surface area contributed by atoms with Crippen LogP contribution in [0.2, 0.25) is 0 Å². The van der Waals surface area contributed by atoms with Crippen molar-refractivity contribution in [3.8, 4) is 22.5 Å². The first-order valence-corrected chi connectivity index (χ1v) is 11.8. The van der Waals surface area contributed by atoms with Gasteiger partial charge in [0.2, 0.25) is 0 Å². The van der Waals surface area contributed by atoms with E-state index in [9.17, 15) is 23.9 Å². The molecule has 3 aromatic carbocycles. The van der Waals surface area contributed by atoms with Crippen LogP contribution in [0.25, 0.3) is 22.5 Å². The number of ether oxygens (including phenoxy) is 1. The molecule has 11 heteroatoms. The van der Waals surface area contributed by atoms with E-state index in [-0.39, 0.29) is 11.4 Å². The lowest BCUT2D eigenvalue weighted by Crippen LogP contribution is -2.41. The molecular weight excluding hydrogens is 495 g/mol. The summed E-state index contributed by atoms with van der Waals surface area (Å²) in [5, 5.41) is 16.9. The number of aromatic nitrogens is 2. The molecule has 0 bridgehead atoms. The average molecular weight is 519 g/mol. The van der Waals surface area contributed by atoms with Gasteiger partial charge in [-0.2, -0.15) is 0 Å². The summed E-state index contributed by atoms with van der Waals surface area (Å²) in [6.45, 7) is 1.59. The highest BCUT2D eigenvalue weighted by Gasteiger charge is 2.23. The van der Waals surface area contributed by atoms with Crippen molar-refractivity contribution in [3.63, 3.8) is 0 Å². The van der Waals surface area contributed by atoms with Crippen LogP contribution < -0.4 is 11.1 Å². The van der Waals surface area contributed by atoms with Gasteiger partial charge < -0.3 is 20.1 Å². The zero-order valence-electron chi connectivity index (χ0n) is 20.0. The molecule has 5 rings (SSSR count). The van der Waals surface area contributed by atoms with Gasteiger partial charge in [0.15, 0.2) is 11.9 Å². The Morgan fingerprint density at radius 3 is 2.42 bits per heavy atom. The second-order valence-electron chi connectivity index (χ2n) is 8.64. The number of halogens is 1. The smallest absolute Gasteiger partial charge is 0.378 e. The monoisotopic (exact) mass is 518 g/mol. The zero-order chi connectivity index (χ0) is 26.6. The molecule has 0 radical (unpaired) electrons. The Bertz CT molecular complexity index is 1530. The lowest BCUT2D eigenvalue weighted by molar-refractivity contribution is -0.124. The summed E-state index contributed by atoms with van der Waals surface area (Å²) >= 11 is 0. The van der Waals surface area contributed by atoms with Crippen LogP contribution in [0.3, 0.4) is 0 Å². The van der Waals surface area contributed by atoms with Gasteiger partial charge >= 0.3 is 5.76 Å². The highest BCUT2D eigenvalue weighted by Crippen LogP contribution is 2.27. The molecule has 10 nitrogen and oxygen atoms in total. The molecular formula is C27H23FN4O6. The average Bonchev–Trinajstić information content (AvgIpc) is 3.39. The number of rotatable bonds is 6. The number of morpholine rings is 1. The highest BCUT2D eigenvalue weighted by molar-refractivity contribution is 5.96. The number of H-pyrrole nitrogens is 1. The number of anilines is 1. The fourth-order valence-corrected chi connectivity index (χ4v) is 4.12. The Morgan fingerprint density at radius 1 is 1.00 bits per heavy atom. The normalized spacial score (nSPS) is 14.2. The summed E-state index contributed by atoms with van der Waals surface area (Å²) in [6, 6.07) is 17.3. The molecule has 1 aromatic heterocycles. The van der Waals surface area contributed by atoms with Crippen LogP contribution in [-0.2, 0) is 9.53 Å². The molecule has 0 aliphatic carbocycles. The summed E-state index contributed by atoms with van der Waals surface area (Å²) in [6.07, 6.45) is -1.49. The lowest BCUT2D eigenvalue weighted by Gasteiger charge is -2.27. The van der Waals surface area contributed by atoms with Crippen LogP contribution in [0.15, 0.2) is 76.0 Å². The predicted molar refractivity (Wildman–Crippen MR) is 135 cm³/mol. The Balaban J connectivity index is 1.31. The van der Waals surface area contributed by atoms with Crippen LogP contribution in [0, 0.1) is 5.82 Å². The molecule has 1 atom stereocenters. The van der Waals surface area contributed by atoms with Crippen molar-refractivity contribution in [2.75, 3.05) is 31.6 Å². The molecule has 2 amide bonds. The van der Waals surface area contributed by atoms with Gasteiger partial charge in [-0.25, -0.2) is 9.18 Å². The standard InChI is InChI=1S/C27H23FN4O6/c28-22-9-6-18(15-21(22)26(35)32-10-12-37-13-11-32)17-2-1-3-19(14-17)23(33)25(34)29-20-7-4-16(5-8-20)24-30-27(36)38-31-24/h1-9,14-15,23,33H,10-13H2,(H,29,34)(H,30,31,36). The van der Waals surface area contributed by atoms with E-state index in [4.69, 9.17) is 4.74 Å². The topological polar surface area (TPSA) is 138 Å². The Labute approximate surface area is 215 Å². The van der Waals surface area contributed by atoms with Gasteiger partial charge in [-0.15, -0.1) is 0 Å². The third kappa shape index (κ3) is 5.38. The van der Waals surface area contributed by atoms with E-state index in [2.05, 4.69) is 20.0 Å². The summed E-state index contributed by atoms with van der Waals surface area (Å²) in [5.74, 6) is -2.12. The number of aliphatic hydroxyl groups excluding tert-OH is 1. The first kappa shape index (κ1) is 25.1. The number of carbonyl (C=O) groups is 2. The van der Waals surface area contributed by atoms with Crippen molar-refractivity contribution in [1.29, 1.82) is 0 Å². The SMILES string of the molecule is O=C(Nc1ccc(-c2noc(=O)[nH]2)cc1)C(O)c1cccc(-c2ccc(F)c(C(=O)N3CCOCC3)c2)c1. The molecule has 0 saturated carbocycles. The molecule has 1 saturated heterocycles. The lowest BCUT2D eigenvalue weighted by atomic mass is 9.98. The van der Waals surface area contributed by atoms with Gasteiger partial charge in [-0.1, -0.05) is 29.4 Å². The molecule has 4 aromatic rings. The third-order valence-corrected chi connectivity index (χ3v) is 6.15. The number of hydrogen-bond acceptors (Lipinski definition) is 7. The van der Waals surface area contributed by atoms with Crippen molar-refractivity contribution in [1.82, 2.24) is 15.0 Å². The van der Waals surface area contributed by atoms with E-state index in [1.165, 1.54) is 12.1 Å². The summed E-state index contributed by atoms with van der Waals surface area (Å²) in [7, 11) is 0. The summed E-state index contributed by atoms with van der Waals surface area (Å²) < 4.78 is 24.3. The molecule has 1 fully saturated rings. The Morgan fingerprint density at radius 2 is 1.71 bits per heavy atom. The largest absolute Gasteiger partial charge is 0.439 e. The zero-order valence-corrected chi connectivity index (χ0v) is 20.0. The minimum atomic E-state index is -1.49. The maximum atomic E-state index is 14.5. The first-order valence-electron chi connectivity index (χ1n) is 11.8. The number of nitrogens with one attached hydrogen (secondary N) is 2. The van der Waals surface area contributed by atoms with Crippen LogP contribution in [0.4, 0.5) is 10.1 Å². The number of aromatic amines is 1. The second-order valence-corrected chi connectivity index (χ2v) is 8.64. The van der Waals surface area contributed by atoms with Gasteiger partial charge in [0.05, 0.1) is 18.8 Å². The van der Waals surface area contributed by atoms with E-state index in [1.807, 2.05) is 0 Å². The van der Waals surface area contributed by atoms with Gasteiger partial charge in [0, 0.05) is 24.3 Å². The molecule has 0 spiro atoms. The van der Waals surface area contributed by atoms with Gasteiger partial charge in [-0.3, -0.25) is 19.1 Å². The Kier molecular flexibility index (Phi) is 7.11.